The fraction of sp³-hybridized carbons (Fsp3) is 0.732. The maximum absolute atomic E-state index is 12.8. The Morgan fingerprint density at radius 3 is 0.984 bits per heavy atom. The topological polar surface area (TPSA) is 78.9 Å². The SMILES string of the molecule is CCC/C=C\C/C=C\CCCCCCCC(=O)OC(COC(=O)CCCCCCC/C=C\CCCCC)COC(=O)CCCCCCCC/C=C\C/C=C\C/C=C\CCCCC. The third kappa shape index (κ3) is 47.9. The van der Waals surface area contributed by atoms with Gasteiger partial charge in [0, 0.05) is 19.3 Å². The van der Waals surface area contributed by atoms with E-state index < -0.39 is 6.10 Å². The molecule has 0 radical (unpaired) electrons. The Morgan fingerprint density at radius 1 is 0.323 bits per heavy atom. The van der Waals surface area contributed by atoms with Gasteiger partial charge in [0.1, 0.15) is 13.2 Å². The van der Waals surface area contributed by atoms with Crippen molar-refractivity contribution in [3.63, 3.8) is 0 Å². The van der Waals surface area contributed by atoms with Crippen LogP contribution in [0.4, 0.5) is 0 Å². The number of carbonyl (C=O) groups is 3. The molecule has 6 nitrogen and oxygen atoms in total. The van der Waals surface area contributed by atoms with Gasteiger partial charge in [-0.2, -0.15) is 0 Å². The Hall–Kier alpha value is -3.15. The first kappa shape index (κ1) is 58.9. The zero-order valence-corrected chi connectivity index (χ0v) is 40.6. The lowest BCUT2D eigenvalue weighted by atomic mass is 10.1. The van der Waals surface area contributed by atoms with Crippen LogP contribution in [-0.2, 0) is 28.6 Å². The number of rotatable bonds is 46. The van der Waals surface area contributed by atoms with Crippen LogP contribution in [0.2, 0.25) is 0 Å². The second-order valence-corrected chi connectivity index (χ2v) is 17.1. The predicted octanol–water partition coefficient (Wildman–Crippen LogP) is 17.0. The molecule has 0 aromatic carbocycles. The van der Waals surface area contributed by atoms with E-state index in [4.69, 9.17) is 14.2 Å². The standard InChI is InChI=1S/C56H96O6/c1-4-7-10-13-16-19-22-25-26-27-28-29-30-32-34-37-40-43-46-49-55(58)61-52-53(51-60-54(57)48-45-42-39-36-33-24-21-18-15-12-9-6-3)62-56(59)50-47-44-41-38-35-31-23-20-17-14-11-8-5-2/h11,14,16,18-21,23,25-26,28-29,53H,4-10,12-13,15,17,22,24,27,30-52H2,1-3H3/b14-11-,19-16-,21-18-,23-20-,26-25-,29-28-. The molecule has 0 N–H and O–H groups in total. The van der Waals surface area contributed by atoms with Gasteiger partial charge in [-0.1, -0.05) is 190 Å². The lowest BCUT2D eigenvalue weighted by molar-refractivity contribution is -0.167. The summed E-state index contributed by atoms with van der Waals surface area (Å²) in [5.74, 6) is -0.926. The van der Waals surface area contributed by atoms with Crippen LogP contribution in [0.5, 0.6) is 0 Å². The van der Waals surface area contributed by atoms with E-state index in [2.05, 4.69) is 93.7 Å². The minimum absolute atomic E-state index is 0.0902. The van der Waals surface area contributed by atoms with Crippen molar-refractivity contribution < 1.29 is 28.6 Å². The highest BCUT2D eigenvalue weighted by Gasteiger charge is 2.19. The van der Waals surface area contributed by atoms with Crippen LogP contribution >= 0.6 is 0 Å². The van der Waals surface area contributed by atoms with Crippen LogP contribution in [0.1, 0.15) is 245 Å². The molecule has 0 aliphatic carbocycles. The maximum atomic E-state index is 12.8. The molecule has 0 heterocycles. The third-order valence-corrected chi connectivity index (χ3v) is 10.9. The summed E-state index contributed by atoms with van der Waals surface area (Å²) in [6.07, 6.45) is 63.1. The molecule has 0 rings (SSSR count). The monoisotopic (exact) mass is 865 g/mol. The van der Waals surface area contributed by atoms with Gasteiger partial charge in [-0.25, -0.2) is 0 Å². The van der Waals surface area contributed by atoms with Crippen molar-refractivity contribution in [2.24, 2.45) is 0 Å². The van der Waals surface area contributed by atoms with Crippen LogP contribution < -0.4 is 0 Å². The Balaban J connectivity index is 4.40. The van der Waals surface area contributed by atoms with E-state index in [-0.39, 0.29) is 31.1 Å². The molecule has 0 bridgehead atoms. The minimum atomic E-state index is -0.790. The van der Waals surface area contributed by atoms with Crippen molar-refractivity contribution >= 4 is 17.9 Å². The number of hydrogen-bond donors (Lipinski definition) is 0. The highest BCUT2D eigenvalue weighted by molar-refractivity contribution is 5.71. The summed E-state index contributed by atoms with van der Waals surface area (Å²) < 4.78 is 16.8. The van der Waals surface area contributed by atoms with Gasteiger partial charge in [0.05, 0.1) is 0 Å². The van der Waals surface area contributed by atoms with E-state index in [1.807, 2.05) is 0 Å². The zero-order chi connectivity index (χ0) is 45.1. The molecule has 0 fully saturated rings. The van der Waals surface area contributed by atoms with Crippen LogP contribution in [-0.4, -0.2) is 37.2 Å². The molecule has 0 aliphatic heterocycles. The molecule has 6 heteroatoms. The second kappa shape index (κ2) is 50.5. The van der Waals surface area contributed by atoms with Crippen LogP contribution in [0.15, 0.2) is 72.9 Å². The van der Waals surface area contributed by atoms with Gasteiger partial charge in [0.2, 0.25) is 0 Å². The average Bonchev–Trinajstić information content (AvgIpc) is 3.27. The molecule has 0 aromatic heterocycles. The van der Waals surface area contributed by atoms with Crippen molar-refractivity contribution in [3.8, 4) is 0 Å². The van der Waals surface area contributed by atoms with Crippen molar-refractivity contribution in [1.82, 2.24) is 0 Å². The van der Waals surface area contributed by atoms with Gasteiger partial charge in [0.25, 0.3) is 0 Å². The van der Waals surface area contributed by atoms with Gasteiger partial charge < -0.3 is 14.2 Å². The van der Waals surface area contributed by atoms with E-state index in [9.17, 15) is 14.4 Å². The van der Waals surface area contributed by atoms with E-state index in [1.54, 1.807) is 0 Å². The molecule has 62 heavy (non-hydrogen) atoms. The summed E-state index contributed by atoms with van der Waals surface area (Å²) in [7, 11) is 0. The number of hydrogen-bond acceptors (Lipinski definition) is 6. The van der Waals surface area contributed by atoms with Gasteiger partial charge in [-0.15, -0.1) is 0 Å². The van der Waals surface area contributed by atoms with E-state index in [0.717, 1.165) is 116 Å². The lowest BCUT2D eigenvalue weighted by Crippen LogP contribution is -2.30. The Labute approximate surface area is 382 Å². The van der Waals surface area contributed by atoms with E-state index in [0.29, 0.717) is 19.3 Å². The lowest BCUT2D eigenvalue weighted by Gasteiger charge is -2.18. The van der Waals surface area contributed by atoms with Gasteiger partial charge in [0.15, 0.2) is 6.10 Å². The summed E-state index contributed by atoms with van der Waals surface area (Å²) in [5.41, 5.74) is 0. The predicted molar refractivity (Wildman–Crippen MR) is 265 cm³/mol. The van der Waals surface area contributed by atoms with Crippen molar-refractivity contribution in [3.05, 3.63) is 72.9 Å². The van der Waals surface area contributed by atoms with E-state index >= 15 is 0 Å². The highest BCUT2D eigenvalue weighted by atomic mass is 16.6. The normalized spacial score (nSPS) is 12.6. The molecule has 0 aromatic rings. The van der Waals surface area contributed by atoms with Crippen LogP contribution in [0.3, 0.4) is 0 Å². The molecule has 0 aliphatic rings. The largest absolute Gasteiger partial charge is 0.462 e. The summed E-state index contributed by atoms with van der Waals surface area (Å²) in [6.45, 7) is 6.49. The molecular weight excluding hydrogens is 769 g/mol. The second-order valence-electron chi connectivity index (χ2n) is 17.1. The quantitative estimate of drug-likeness (QED) is 0.0262. The molecule has 0 spiro atoms. The summed E-state index contributed by atoms with van der Waals surface area (Å²) in [5, 5.41) is 0. The number of unbranched alkanes of at least 4 members (excludes halogenated alkanes) is 23. The van der Waals surface area contributed by atoms with Gasteiger partial charge in [-0.05, 0) is 109 Å². The molecule has 356 valence electrons. The molecular formula is C56H96O6. The minimum Gasteiger partial charge on any atom is -0.462 e. The number of esters is 3. The first-order chi connectivity index (χ1) is 30.5. The van der Waals surface area contributed by atoms with Crippen molar-refractivity contribution in [2.75, 3.05) is 13.2 Å². The maximum Gasteiger partial charge on any atom is 0.306 e. The molecule has 0 amide bonds. The van der Waals surface area contributed by atoms with Gasteiger partial charge in [-0.3, -0.25) is 14.4 Å². The Bertz CT molecular complexity index is 1180. The summed E-state index contributed by atoms with van der Waals surface area (Å²) >= 11 is 0. The van der Waals surface area contributed by atoms with E-state index in [1.165, 1.54) is 89.9 Å². The third-order valence-electron chi connectivity index (χ3n) is 10.9. The average molecular weight is 865 g/mol. The molecule has 0 saturated carbocycles. The highest BCUT2D eigenvalue weighted by Crippen LogP contribution is 2.13. The van der Waals surface area contributed by atoms with Gasteiger partial charge >= 0.3 is 17.9 Å². The van der Waals surface area contributed by atoms with Crippen LogP contribution in [0, 0.1) is 0 Å². The Kier molecular flexibility index (Phi) is 47.9. The smallest absolute Gasteiger partial charge is 0.306 e. The summed E-state index contributed by atoms with van der Waals surface area (Å²) in [4.78, 5) is 37.9. The molecule has 1 unspecified atom stereocenters. The number of carbonyl (C=O) groups excluding carboxylic acids is 3. The molecule has 0 saturated heterocycles. The fourth-order valence-electron chi connectivity index (χ4n) is 6.95. The first-order valence-electron chi connectivity index (χ1n) is 25.9. The van der Waals surface area contributed by atoms with Crippen molar-refractivity contribution in [1.29, 1.82) is 0 Å². The summed E-state index contributed by atoms with van der Waals surface area (Å²) in [6, 6.07) is 0. The Morgan fingerprint density at radius 2 is 0.613 bits per heavy atom. The van der Waals surface area contributed by atoms with Crippen molar-refractivity contribution in [2.45, 2.75) is 252 Å². The number of allylic oxidation sites excluding steroid dienone is 12. The van der Waals surface area contributed by atoms with Crippen LogP contribution in [0.25, 0.3) is 0 Å². The fourth-order valence-corrected chi connectivity index (χ4v) is 6.95. The molecule has 1 atom stereocenters. The first-order valence-corrected chi connectivity index (χ1v) is 25.9. The zero-order valence-electron chi connectivity index (χ0n) is 40.6. The number of ether oxygens (including phenoxy) is 3.